The fourth-order valence-electron chi connectivity index (χ4n) is 1.98. The van der Waals surface area contributed by atoms with Gasteiger partial charge in [0.1, 0.15) is 11.6 Å². The molecule has 2 N–H and O–H groups in total. The van der Waals surface area contributed by atoms with Crippen LogP contribution in [0.4, 0.5) is 5.82 Å². The average Bonchev–Trinajstić information content (AvgIpc) is 2.46. The zero-order chi connectivity index (χ0) is 13.9. The number of fused-ring (bicyclic) bond motifs is 1. The van der Waals surface area contributed by atoms with E-state index in [1.165, 1.54) is 0 Å². The van der Waals surface area contributed by atoms with Gasteiger partial charge in [-0.1, -0.05) is 24.3 Å². The number of phenols is 1. The molecule has 0 saturated heterocycles. The maximum atomic E-state index is 9.26. The summed E-state index contributed by atoms with van der Waals surface area (Å²) in [7, 11) is 0. The van der Waals surface area contributed by atoms with Crippen molar-refractivity contribution in [3.63, 3.8) is 0 Å². The minimum absolute atomic E-state index is 0.219. The fourth-order valence-corrected chi connectivity index (χ4v) is 2.16. The van der Waals surface area contributed by atoms with Crippen molar-refractivity contribution in [2.45, 2.75) is 6.54 Å². The van der Waals surface area contributed by atoms with Crippen LogP contribution in [0, 0.1) is 0 Å². The Morgan fingerprint density at radius 3 is 2.55 bits per heavy atom. The summed E-state index contributed by atoms with van der Waals surface area (Å²) >= 11 is 5.93. The lowest BCUT2D eigenvalue weighted by Crippen LogP contribution is -2.03. The monoisotopic (exact) mass is 285 g/mol. The van der Waals surface area contributed by atoms with Crippen molar-refractivity contribution in [3.05, 3.63) is 59.4 Å². The van der Waals surface area contributed by atoms with Gasteiger partial charge in [-0.25, -0.2) is 9.97 Å². The topological polar surface area (TPSA) is 58.0 Å². The quantitative estimate of drug-likeness (QED) is 0.722. The van der Waals surface area contributed by atoms with E-state index in [1.807, 2.05) is 36.4 Å². The lowest BCUT2D eigenvalue weighted by atomic mass is 10.2. The molecule has 20 heavy (non-hydrogen) atoms. The van der Waals surface area contributed by atoms with Crippen LogP contribution in [0.3, 0.4) is 0 Å². The largest absolute Gasteiger partial charge is 0.508 e. The highest BCUT2D eigenvalue weighted by Gasteiger charge is 2.05. The van der Waals surface area contributed by atoms with E-state index < -0.39 is 0 Å². The molecule has 0 atom stereocenters. The number of para-hydroxylation sites is 1. The summed E-state index contributed by atoms with van der Waals surface area (Å²) < 4.78 is 0. The smallest absolute Gasteiger partial charge is 0.224 e. The van der Waals surface area contributed by atoms with Gasteiger partial charge in [0.05, 0.1) is 5.52 Å². The number of hydrogen-bond acceptors (Lipinski definition) is 4. The summed E-state index contributed by atoms with van der Waals surface area (Å²) in [6.07, 6.45) is 0. The number of nitrogens with one attached hydrogen (secondary N) is 1. The number of phenolic OH excluding ortho intramolecular Hbond substituents is 1. The highest BCUT2D eigenvalue weighted by molar-refractivity contribution is 6.28. The van der Waals surface area contributed by atoms with E-state index >= 15 is 0 Å². The van der Waals surface area contributed by atoms with Gasteiger partial charge in [-0.2, -0.15) is 0 Å². The molecule has 0 amide bonds. The number of rotatable bonds is 3. The molecule has 0 aliphatic rings. The molecular weight excluding hydrogens is 274 g/mol. The summed E-state index contributed by atoms with van der Waals surface area (Å²) in [5.74, 6) is 0.956. The SMILES string of the molecule is Oc1ccc(CNc2nc(Cl)nc3ccccc23)cc1. The molecule has 0 radical (unpaired) electrons. The predicted molar refractivity (Wildman–Crippen MR) is 80.0 cm³/mol. The second-order valence-electron chi connectivity index (χ2n) is 4.38. The molecule has 2 aromatic carbocycles. The second-order valence-corrected chi connectivity index (χ2v) is 4.72. The van der Waals surface area contributed by atoms with Crippen molar-refractivity contribution in [2.24, 2.45) is 0 Å². The fraction of sp³-hybridized carbons (Fsp3) is 0.0667. The van der Waals surface area contributed by atoms with Crippen LogP contribution in [-0.4, -0.2) is 15.1 Å². The highest BCUT2D eigenvalue weighted by atomic mass is 35.5. The van der Waals surface area contributed by atoms with Gasteiger partial charge in [-0.15, -0.1) is 0 Å². The number of hydrogen-bond donors (Lipinski definition) is 2. The van der Waals surface area contributed by atoms with Crippen LogP contribution in [0.25, 0.3) is 10.9 Å². The Hall–Kier alpha value is -2.33. The molecule has 4 nitrogen and oxygen atoms in total. The molecule has 1 heterocycles. The van der Waals surface area contributed by atoms with Crippen molar-refractivity contribution < 1.29 is 5.11 Å². The Bertz CT molecular complexity index is 744. The van der Waals surface area contributed by atoms with Gasteiger partial charge < -0.3 is 10.4 Å². The molecule has 0 aliphatic heterocycles. The van der Waals surface area contributed by atoms with Crippen LogP contribution in [0.15, 0.2) is 48.5 Å². The number of halogens is 1. The molecule has 1 aromatic heterocycles. The van der Waals surface area contributed by atoms with Gasteiger partial charge in [0.25, 0.3) is 0 Å². The standard InChI is InChI=1S/C15H12ClN3O/c16-15-18-13-4-2-1-3-12(13)14(19-15)17-9-10-5-7-11(20)8-6-10/h1-8,20H,9H2,(H,17,18,19). The van der Waals surface area contributed by atoms with E-state index in [0.717, 1.165) is 16.5 Å². The summed E-state index contributed by atoms with van der Waals surface area (Å²) in [4.78, 5) is 8.41. The minimum atomic E-state index is 0.219. The van der Waals surface area contributed by atoms with E-state index in [1.54, 1.807) is 12.1 Å². The summed E-state index contributed by atoms with van der Waals surface area (Å²) in [5, 5.41) is 13.7. The van der Waals surface area contributed by atoms with Crippen LogP contribution in [-0.2, 0) is 6.54 Å². The Labute approximate surface area is 121 Å². The van der Waals surface area contributed by atoms with Crippen molar-refractivity contribution in [3.8, 4) is 5.75 Å². The molecule has 0 saturated carbocycles. The van der Waals surface area contributed by atoms with Gasteiger partial charge in [0, 0.05) is 11.9 Å². The van der Waals surface area contributed by atoms with Crippen molar-refractivity contribution in [2.75, 3.05) is 5.32 Å². The predicted octanol–water partition coefficient (Wildman–Crippen LogP) is 3.60. The molecule has 3 aromatic rings. The van der Waals surface area contributed by atoms with Crippen LogP contribution < -0.4 is 5.32 Å². The van der Waals surface area contributed by atoms with E-state index in [4.69, 9.17) is 11.6 Å². The third-order valence-electron chi connectivity index (χ3n) is 2.97. The number of aromatic nitrogens is 2. The van der Waals surface area contributed by atoms with E-state index in [9.17, 15) is 5.11 Å². The highest BCUT2D eigenvalue weighted by Crippen LogP contribution is 2.22. The maximum absolute atomic E-state index is 9.26. The first-order valence-corrected chi connectivity index (χ1v) is 6.54. The average molecular weight is 286 g/mol. The van der Waals surface area contributed by atoms with E-state index in [0.29, 0.717) is 12.4 Å². The van der Waals surface area contributed by atoms with Crippen LogP contribution in [0.5, 0.6) is 5.75 Å². The van der Waals surface area contributed by atoms with Gasteiger partial charge in [-0.3, -0.25) is 0 Å². The molecule has 5 heteroatoms. The lowest BCUT2D eigenvalue weighted by molar-refractivity contribution is 0.475. The van der Waals surface area contributed by atoms with Gasteiger partial charge in [-0.05, 0) is 41.4 Å². The molecule has 0 bridgehead atoms. The second kappa shape index (κ2) is 5.35. The summed E-state index contributed by atoms with van der Waals surface area (Å²) in [5.41, 5.74) is 1.85. The number of aromatic hydroxyl groups is 1. The molecule has 3 rings (SSSR count). The minimum Gasteiger partial charge on any atom is -0.508 e. The van der Waals surface area contributed by atoms with Gasteiger partial charge >= 0.3 is 0 Å². The van der Waals surface area contributed by atoms with E-state index in [2.05, 4.69) is 15.3 Å². The third-order valence-corrected chi connectivity index (χ3v) is 3.14. The van der Waals surface area contributed by atoms with Crippen LogP contribution in [0.1, 0.15) is 5.56 Å². The molecule has 100 valence electrons. The Morgan fingerprint density at radius 1 is 1.00 bits per heavy atom. The van der Waals surface area contributed by atoms with Crippen molar-refractivity contribution in [1.82, 2.24) is 9.97 Å². The van der Waals surface area contributed by atoms with Crippen molar-refractivity contribution >= 4 is 28.3 Å². The summed E-state index contributed by atoms with van der Waals surface area (Å²) in [6.45, 7) is 0.595. The first-order chi connectivity index (χ1) is 9.72. The number of anilines is 1. The maximum Gasteiger partial charge on any atom is 0.224 e. The van der Waals surface area contributed by atoms with Gasteiger partial charge in [0.2, 0.25) is 5.28 Å². The van der Waals surface area contributed by atoms with Crippen molar-refractivity contribution in [1.29, 1.82) is 0 Å². The number of nitrogens with zero attached hydrogens (tertiary/aromatic N) is 2. The van der Waals surface area contributed by atoms with Crippen LogP contribution in [0.2, 0.25) is 5.28 Å². The Morgan fingerprint density at radius 2 is 1.75 bits per heavy atom. The molecule has 0 fully saturated rings. The zero-order valence-corrected chi connectivity index (χ0v) is 11.3. The Kier molecular flexibility index (Phi) is 3.39. The molecule has 0 aliphatic carbocycles. The first kappa shape index (κ1) is 12.7. The number of benzene rings is 2. The third kappa shape index (κ3) is 2.65. The zero-order valence-electron chi connectivity index (χ0n) is 10.5. The lowest BCUT2D eigenvalue weighted by Gasteiger charge is -2.09. The Balaban J connectivity index is 1.88. The molecule has 0 unspecified atom stereocenters. The molecular formula is C15H12ClN3O. The molecule has 0 spiro atoms. The normalized spacial score (nSPS) is 10.7. The van der Waals surface area contributed by atoms with Crippen LogP contribution >= 0.6 is 11.6 Å². The first-order valence-electron chi connectivity index (χ1n) is 6.16. The van der Waals surface area contributed by atoms with Gasteiger partial charge in [0.15, 0.2) is 0 Å². The summed E-state index contributed by atoms with van der Waals surface area (Å²) in [6, 6.07) is 14.7. The van der Waals surface area contributed by atoms with E-state index in [-0.39, 0.29) is 11.0 Å².